The second-order valence-electron chi connectivity index (χ2n) is 4.23. The lowest BCUT2D eigenvalue weighted by Gasteiger charge is -2.06. The van der Waals surface area contributed by atoms with E-state index in [1.54, 1.807) is 0 Å². The molecule has 1 aromatic heterocycles. The van der Waals surface area contributed by atoms with Gasteiger partial charge in [0.2, 0.25) is 0 Å². The molecule has 0 aliphatic heterocycles. The quantitative estimate of drug-likeness (QED) is 0.817. The van der Waals surface area contributed by atoms with Gasteiger partial charge in [0.15, 0.2) is 0 Å². The van der Waals surface area contributed by atoms with Gasteiger partial charge in [-0.3, -0.25) is 0 Å². The van der Waals surface area contributed by atoms with E-state index in [4.69, 9.17) is 17.3 Å². The highest BCUT2D eigenvalue weighted by Gasteiger charge is 2.45. The van der Waals surface area contributed by atoms with Crippen LogP contribution in [0.25, 0.3) is 11.0 Å². The third-order valence-corrected chi connectivity index (χ3v) is 3.43. The lowest BCUT2D eigenvalue weighted by molar-refractivity contribution is 0.662. The van der Waals surface area contributed by atoms with Crippen molar-refractivity contribution in [2.24, 2.45) is 5.73 Å². The Morgan fingerprint density at radius 1 is 1.47 bits per heavy atom. The van der Waals surface area contributed by atoms with Crippen molar-refractivity contribution in [2.75, 3.05) is 6.54 Å². The summed E-state index contributed by atoms with van der Waals surface area (Å²) in [5.41, 5.74) is 7.85. The van der Waals surface area contributed by atoms with Crippen LogP contribution in [0.1, 0.15) is 18.7 Å². The second kappa shape index (κ2) is 2.97. The van der Waals surface area contributed by atoms with Crippen LogP contribution in [0.4, 0.5) is 0 Å². The van der Waals surface area contributed by atoms with Crippen LogP contribution in [0.2, 0.25) is 5.02 Å². The van der Waals surface area contributed by atoms with Crippen LogP contribution < -0.4 is 5.73 Å². The molecule has 1 saturated carbocycles. The minimum Gasteiger partial charge on any atom is -0.341 e. The zero-order valence-corrected chi connectivity index (χ0v) is 9.01. The number of hydrogen-bond acceptors (Lipinski definition) is 2. The maximum atomic E-state index is 5.92. The molecule has 1 aliphatic carbocycles. The van der Waals surface area contributed by atoms with Crippen molar-refractivity contribution < 1.29 is 0 Å². The normalized spacial score (nSPS) is 18.3. The average molecular weight is 222 g/mol. The number of imidazole rings is 1. The summed E-state index contributed by atoms with van der Waals surface area (Å²) in [6.45, 7) is 0.667. The molecular weight excluding hydrogens is 210 g/mol. The number of fused-ring (bicyclic) bond motifs is 1. The molecule has 0 saturated heterocycles. The highest BCUT2D eigenvalue weighted by molar-refractivity contribution is 6.31. The van der Waals surface area contributed by atoms with E-state index in [0.717, 1.165) is 34.7 Å². The molecule has 78 valence electrons. The smallest absolute Gasteiger partial charge is 0.114 e. The van der Waals surface area contributed by atoms with Gasteiger partial charge in [-0.1, -0.05) is 11.6 Å². The van der Waals surface area contributed by atoms with Gasteiger partial charge >= 0.3 is 0 Å². The number of H-pyrrole nitrogens is 1. The van der Waals surface area contributed by atoms with Crippen molar-refractivity contribution in [2.45, 2.75) is 18.3 Å². The molecule has 1 heterocycles. The highest BCUT2D eigenvalue weighted by Crippen LogP contribution is 2.46. The first-order chi connectivity index (χ1) is 7.23. The van der Waals surface area contributed by atoms with Crippen molar-refractivity contribution in [1.29, 1.82) is 0 Å². The van der Waals surface area contributed by atoms with E-state index in [9.17, 15) is 0 Å². The van der Waals surface area contributed by atoms with Gasteiger partial charge in [-0.05, 0) is 31.0 Å². The SMILES string of the molecule is NCC1(c2nc3ccc(Cl)cc3[nH]2)CC1. The number of nitrogens with two attached hydrogens (primary N) is 1. The van der Waals surface area contributed by atoms with Crippen LogP contribution in [0, 0.1) is 0 Å². The molecule has 1 aliphatic rings. The second-order valence-corrected chi connectivity index (χ2v) is 4.67. The van der Waals surface area contributed by atoms with Gasteiger partial charge in [0.25, 0.3) is 0 Å². The van der Waals surface area contributed by atoms with E-state index in [1.807, 2.05) is 18.2 Å². The standard InChI is InChI=1S/C11H12ClN3/c12-7-1-2-8-9(5-7)15-10(14-8)11(6-13)3-4-11/h1-2,5H,3-4,6,13H2,(H,14,15). The number of halogens is 1. The molecule has 0 atom stereocenters. The zero-order chi connectivity index (χ0) is 10.5. The molecule has 0 spiro atoms. The first kappa shape index (κ1) is 9.19. The van der Waals surface area contributed by atoms with Crippen LogP contribution in [0.5, 0.6) is 0 Å². The van der Waals surface area contributed by atoms with Gasteiger partial charge in [0.1, 0.15) is 5.82 Å². The molecule has 15 heavy (non-hydrogen) atoms. The number of benzene rings is 1. The van der Waals surface area contributed by atoms with Gasteiger partial charge in [-0.15, -0.1) is 0 Å². The van der Waals surface area contributed by atoms with Crippen LogP contribution in [-0.4, -0.2) is 16.5 Å². The summed E-state index contributed by atoms with van der Waals surface area (Å²) < 4.78 is 0. The molecule has 1 fully saturated rings. The first-order valence-corrected chi connectivity index (χ1v) is 5.47. The highest BCUT2D eigenvalue weighted by atomic mass is 35.5. The number of nitrogens with one attached hydrogen (secondary N) is 1. The number of hydrogen-bond donors (Lipinski definition) is 2. The maximum absolute atomic E-state index is 5.92. The summed E-state index contributed by atoms with van der Waals surface area (Å²) in [6, 6.07) is 5.70. The summed E-state index contributed by atoms with van der Waals surface area (Å²) in [7, 11) is 0. The van der Waals surface area contributed by atoms with E-state index >= 15 is 0 Å². The van der Waals surface area contributed by atoms with Crippen LogP contribution in [0.15, 0.2) is 18.2 Å². The Bertz CT molecular complexity index is 514. The Kier molecular flexibility index (Phi) is 1.82. The lowest BCUT2D eigenvalue weighted by atomic mass is 10.1. The summed E-state index contributed by atoms with van der Waals surface area (Å²) >= 11 is 5.92. The van der Waals surface area contributed by atoms with E-state index in [-0.39, 0.29) is 5.41 Å². The van der Waals surface area contributed by atoms with Gasteiger partial charge in [-0.25, -0.2) is 4.98 Å². The number of aromatic amines is 1. The molecule has 0 bridgehead atoms. The lowest BCUT2D eigenvalue weighted by Crippen LogP contribution is -2.20. The van der Waals surface area contributed by atoms with E-state index in [2.05, 4.69) is 9.97 Å². The van der Waals surface area contributed by atoms with E-state index in [0.29, 0.717) is 6.54 Å². The van der Waals surface area contributed by atoms with E-state index < -0.39 is 0 Å². The summed E-state index contributed by atoms with van der Waals surface area (Å²) in [6.07, 6.45) is 2.27. The van der Waals surface area contributed by atoms with Crippen molar-refractivity contribution in [3.8, 4) is 0 Å². The molecule has 0 radical (unpaired) electrons. The van der Waals surface area contributed by atoms with Crippen LogP contribution in [-0.2, 0) is 5.41 Å². The molecule has 4 heteroatoms. The Labute approximate surface area is 92.6 Å². The van der Waals surface area contributed by atoms with Gasteiger partial charge in [0, 0.05) is 17.0 Å². The summed E-state index contributed by atoms with van der Waals surface area (Å²) in [5.74, 6) is 1.02. The first-order valence-electron chi connectivity index (χ1n) is 5.09. The molecule has 3 rings (SSSR count). The Hall–Kier alpha value is -1.06. The Balaban J connectivity index is 2.14. The topological polar surface area (TPSA) is 54.7 Å². The maximum Gasteiger partial charge on any atom is 0.114 e. The fourth-order valence-electron chi connectivity index (χ4n) is 1.92. The zero-order valence-electron chi connectivity index (χ0n) is 8.26. The predicted molar refractivity (Wildman–Crippen MR) is 61.1 cm³/mol. The Morgan fingerprint density at radius 3 is 2.93 bits per heavy atom. The van der Waals surface area contributed by atoms with Gasteiger partial charge in [0.05, 0.1) is 11.0 Å². The van der Waals surface area contributed by atoms with Crippen molar-refractivity contribution >= 4 is 22.6 Å². The molecule has 3 N–H and O–H groups in total. The monoisotopic (exact) mass is 221 g/mol. The molecule has 2 aromatic rings. The van der Waals surface area contributed by atoms with Crippen molar-refractivity contribution in [1.82, 2.24) is 9.97 Å². The molecule has 0 unspecified atom stereocenters. The molecule has 0 amide bonds. The number of rotatable bonds is 2. The van der Waals surface area contributed by atoms with Crippen molar-refractivity contribution in [3.05, 3.63) is 29.0 Å². The third-order valence-electron chi connectivity index (χ3n) is 3.19. The van der Waals surface area contributed by atoms with Crippen LogP contribution >= 0.6 is 11.6 Å². The summed E-state index contributed by atoms with van der Waals surface area (Å²) in [4.78, 5) is 7.88. The van der Waals surface area contributed by atoms with Gasteiger partial charge < -0.3 is 10.7 Å². The fourth-order valence-corrected chi connectivity index (χ4v) is 2.09. The minimum absolute atomic E-state index is 0.117. The third kappa shape index (κ3) is 1.34. The number of aromatic nitrogens is 2. The molecule has 1 aromatic carbocycles. The minimum atomic E-state index is 0.117. The molecule has 3 nitrogen and oxygen atoms in total. The average Bonchev–Trinajstić information content (AvgIpc) is 2.93. The predicted octanol–water partition coefficient (Wildman–Crippen LogP) is 2.21. The van der Waals surface area contributed by atoms with Gasteiger partial charge in [-0.2, -0.15) is 0 Å². The fraction of sp³-hybridized carbons (Fsp3) is 0.364. The number of nitrogens with zero attached hydrogens (tertiary/aromatic N) is 1. The molecular formula is C11H12ClN3. The van der Waals surface area contributed by atoms with Crippen LogP contribution in [0.3, 0.4) is 0 Å². The Morgan fingerprint density at radius 2 is 2.27 bits per heavy atom. The summed E-state index contributed by atoms with van der Waals surface area (Å²) in [5, 5.41) is 0.732. The largest absolute Gasteiger partial charge is 0.341 e. The van der Waals surface area contributed by atoms with E-state index in [1.165, 1.54) is 0 Å². The van der Waals surface area contributed by atoms with Crippen molar-refractivity contribution in [3.63, 3.8) is 0 Å².